The van der Waals surface area contributed by atoms with Crippen molar-refractivity contribution in [3.05, 3.63) is 35.4 Å². The number of aryl methyl sites for hydroxylation is 1. The van der Waals surface area contributed by atoms with Crippen LogP contribution < -0.4 is 5.32 Å². The van der Waals surface area contributed by atoms with Crippen molar-refractivity contribution in [3.8, 4) is 0 Å². The lowest BCUT2D eigenvalue weighted by Crippen LogP contribution is -2.15. The van der Waals surface area contributed by atoms with Gasteiger partial charge in [0.05, 0.1) is 0 Å². The molecule has 1 nitrogen and oxygen atoms in total. The quantitative estimate of drug-likeness (QED) is 0.689. The Morgan fingerprint density at radius 3 is 2.75 bits per heavy atom. The molecular formula is C15H25N. The summed E-state index contributed by atoms with van der Waals surface area (Å²) in [7, 11) is 0. The van der Waals surface area contributed by atoms with Crippen LogP contribution in [0.15, 0.2) is 24.3 Å². The minimum absolute atomic E-state index is 0.663. The maximum absolute atomic E-state index is 3.39. The van der Waals surface area contributed by atoms with Gasteiger partial charge in [-0.05, 0) is 43.0 Å². The molecule has 0 aromatic heterocycles. The average molecular weight is 219 g/mol. The molecule has 0 fully saturated rings. The Morgan fingerprint density at radius 2 is 2.06 bits per heavy atom. The number of hydrogen-bond donors (Lipinski definition) is 1. The van der Waals surface area contributed by atoms with E-state index < -0.39 is 0 Å². The Morgan fingerprint density at radius 1 is 1.25 bits per heavy atom. The molecule has 1 aromatic rings. The maximum atomic E-state index is 3.39. The number of rotatable bonds is 7. The van der Waals surface area contributed by atoms with Crippen molar-refractivity contribution in [1.82, 2.24) is 5.32 Å². The van der Waals surface area contributed by atoms with Crippen LogP contribution in [0.5, 0.6) is 0 Å². The van der Waals surface area contributed by atoms with Crippen molar-refractivity contribution in [2.75, 3.05) is 13.1 Å². The molecule has 0 saturated heterocycles. The molecule has 0 aliphatic heterocycles. The summed E-state index contributed by atoms with van der Waals surface area (Å²) in [6, 6.07) is 9.07. The fourth-order valence-corrected chi connectivity index (χ4v) is 2.01. The van der Waals surface area contributed by atoms with Crippen molar-refractivity contribution in [2.24, 2.45) is 0 Å². The lowest BCUT2D eigenvalue weighted by atomic mass is 9.95. The van der Waals surface area contributed by atoms with Gasteiger partial charge < -0.3 is 5.32 Å². The zero-order chi connectivity index (χ0) is 11.8. The summed E-state index contributed by atoms with van der Waals surface area (Å²) in [4.78, 5) is 0. The topological polar surface area (TPSA) is 12.0 Å². The molecule has 0 aliphatic rings. The van der Waals surface area contributed by atoms with Gasteiger partial charge in [-0.2, -0.15) is 0 Å². The molecule has 1 aromatic carbocycles. The van der Waals surface area contributed by atoms with Gasteiger partial charge in [-0.25, -0.2) is 0 Å². The van der Waals surface area contributed by atoms with E-state index in [1.807, 2.05) is 0 Å². The molecule has 0 radical (unpaired) electrons. The van der Waals surface area contributed by atoms with E-state index in [4.69, 9.17) is 0 Å². The standard InChI is InChI=1S/C15H25N/c1-4-7-14-8-6-9-15(12-14)13(3)10-11-16-5-2/h6,8-9,12-13,16H,4-5,7,10-11H2,1-3H3. The van der Waals surface area contributed by atoms with Crippen molar-refractivity contribution >= 4 is 0 Å². The minimum Gasteiger partial charge on any atom is -0.317 e. The third-order valence-electron chi connectivity index (χ3n) is 3.06. The average Bonchev–Trinajstić information content (AvgIpc) is 2.30. The van der Waals surface area contributed by atoms with Gasteiger partial charge in [-0.15, -0.1) is 0 Å². The minimum atomic E-state index is 0.663. The number of hydrogen-bond acceptors (Lipinski definition) is 1. The molecule has 0 bridgehead atoms. The summed E-state index contributed by atoms with van der Waals surface area (Å²) in [5.41, 5.74) is 2.97. The first-order valence-electron chi connectivity index (χ1n) is 6.57. The third-order valence-corrected chi connectivity index (χ3v) is 3.06. The first-order valence-corrected chi connectivity index (χ1v) is 6.57. The van der Waals surface area contributed by atoms with E-state index in [1.165, 1.54) is 30.4 Å². The Labute approximate surface area is 100 Å². The van der Waals surface area contributed by atoms with Crippen LogP contribution in [-0.2, 0) is 6.42 Å². The lowest BCUT2D eigenvalue weighted by Gasteiger charge is -2.13. The first kappa shape index (κ1) is 13.2. The molecule has 90 valence electrons. The summed E-state index contributed by atoms with van der Waals surface area (Å²) < 4.78 is 0. The zero-order valence-electron chi connectivity index (χ0n) is 10.9. The second-order valence-electron chi connectivity index (χ2n) is 4.54. The molecular weight excluding hydrogens is 194 g/mol. The normalized spacial score (nSPS) is 12.7. The van der Waals surface area contributed by atoms with Gasteiger partial charge >= 0.3 is 0 Å². The highest BCUT2D eigenvalue weighted by atomic mass is 14.8. The van der Waals surface area contributed by atoms with Crippen molar-refractivity contribution in [3.63, 3.8) is 0 Å². The van der Waals surface area contributed by atoms with Crippen LogP contribution in [0.1, 0.15) is 50.7 Å². The van der Waals surface area contributed by atoms with E-state index in [0.717, 1.165) is 13.1 Å². The molecule has 1 heteroatoms. The van der Waals surface area contributed by atoms with Gasteiger partial charge in [0.2, 0.25) is 0 Å². The third kappa shape index (κ3) is 4.36. The first-order chi connectivity index (χ1) is 7.77. The summed E-state index contributed by atoms with van der Waals surface area (Å²) in [6.45, 7) is 8.91. The number of benzene rings is 1. The highest BCUT2D eigenvalue weighted by molar-refractivity contribution is 5.26. The Hall–Kier alpha value is -0.820. The molecule has 1 unspecified atom stereocenters. The van der Waals surface area contributed by atoms with E-state index in [9.17, 15) is 0 Å². The van der Waals surface area contributed by atoms with Crippen LogP contribution in [0.2, 0.25) is 0 Å². The van der Waals surface area contributed by atoms with Gasteiger partial charge in [0.25, 0.3) is 0 Å². The fourth-order valence-electron chi connectivity index (χ4n) is 2.01. The van der Waals surface area contributed by atoms with Crippen molar-refractivity contribution < 1.29 is 0 Å². The van der Waals surface area contributed by atoms with E-state index in [-0.39, 0.29) is 0 Å². The summed E-state index contributed by atoms with van der Waals surface area (Å²) >= 11 is 0. The predicted molar refractivity (Wildman–Crippen MR) is 72.0 cm³/mol. The van der Waals surface area contributed by atoms with E-state index in [1.54, 1.807) is 0 Å². The molecule has 16 heavy (non-hydrogen) atoms. The highest BCUT2D eigenvalue weighted by Gasteiger charge is 2.05. The van der Waals surface area contributed by atoms with Crippen LogP contribution in [0.3, 0.4) is 0 Å². The molecule has 0 spiro atoms. The van der Waals surface area contributed by atoms with Gasteiger partial charge in [-0.3, -0.25) is 0 Å². The zero-order valence-corrected chi connectivity index (χ0v) is 10.9. The number of nitrogens with one attached hydrogen (secondary N) is 1. The van der Waals surface area contributed by atoms with Crippen molar-refractivity contribution in [2.45, 2.75) is 46.0 Å². The maximum Gasteiger partial charge on any atom is -0.00433 e. The summed E-state index contributed by atoms with van der Waals surface area (Å²) in [6.07, 6.45) is 3.66. The molecule has 0 amide bonds. The Kier molecular flexibility index (Phi) is 6.17. The summed E-state index contributed by atoms with van der Waals surface area (Å²) in [5, 5.41) is 3.39. The van der Waals surface area contributed by atoms with E-state index >= 15 is 0 Å². The highest BCUT2D eigenvalue weighted by Crippen LogP contribution is 2.20. The Bertz CT molecular complexity index is 293. The largest absolute Gasteiger partial charge is 0.317 e. The Balaban J connectivity index is 2.53. The van der Waals surface area contributed by atoms with Gasteiger partial charge in [-0.1, -0.05) is 51.5 Å². The van der Waals surface area contributed by atoms with Gasteiger partial charge in [0.1, 0.15) is 0 Å². The molecule has 1 atom stereocenters. The van der Waals surface area contributed by atoms with Crippen LogP contribution in [-0.4, -0.2) is 13.1 Å². The van der Waals surface area contributed by atoms with Crippen LogP contribution in [0.25, 0.3) is 0 Å². The van der Waals surface area contributed by atoms with E-state index in [0.29, 0.717) is 5.92 Å². The smallest absolute Gasteiger partial charge is 0.00433 e. The van der Waals surface area contributed by atoms with Gasteiger partial charge in [0, 0.05) is 0 Å². The summed E-state index contributed by atoms with van der Waals surface area (Å²) in [5.74, 6) is 0.663. The van der Waals surface area contributed by atoms with E-state index in [2.05, 4.69) is 50.4 Å². The molecule has 1 rings (SSSR count). The van der Waals surface area contributed by atoms with Crippen LogP contribution >= 0.6 is 0 Å². The van der Waals surface area contributed by atoms with Crippen molar-refractivity contribution in [1.29, 1.82) is 0 Å². The molecule has 0 saturated carbocycles. The van der Waals surface area contributed by atoms with Gasteiger partial charge in [0.15, 0.2) is 0 Å². The molecule has 0 heterocycles. The SMILES string of the molecule is CCCc1cccc(C(C)CCNCC)c1. The second kappa shape index (κ2) is 7.45. The van der Waals surface area contributed by atoms with Crippen LogP contribution in [0.4, 0.5) is 0 Å². The lowest BCUT2D eigenvalue weighted by molar-refractivity contribution is 0.608. The second-order valence-corrected chi connectivity index (χ2v) is 4.54. The van der Waals surface area contributed by atoms with Crippen LogP contribution in [0, 0.1) is 0 Å². The predicted octanol–water partition coefficient (Wildman–Crippen LogP) is 3.74. The fraction of sp³-hybridized carbons (Fsp3) is 0.600. The molecule has 0 aliphatic carbocycles. The monoisotopic (exact) mass is 219 g/mol. The molecule has 1 N–H and O–H groups in total.